The van der Waals surface area contributed by atoms with E-state index in [1.807, 2.05) is 0 Å². The van der Waals surface area contributed by atoms with Crippen LogP contribution >= 0.6 is 31.9 Å². The van der Waals surface area contributed by atoms with Crippen molar-refractivity contribution in [2.75, 3.05) is 0 Å². The molecule has 2 aromatic heterocycles. The molecule has 0 saturated carbocycles. The average molecular weight is 815 g/mol. The highest BCUT2D eigenvalue weighted by atomic mass is 79.9. The van der Waals surface area contributed by atoms with E-state index in [9.17, 15) is 0 Å². The summed E-state index contributed by atoms with van der Waals surface area (Å²) in [5.74, 6) is 0. The molecule has 0 saturated heterocycles. The van der Waals surface area contributed by atoms with Gasteiger partial charge in [0.25, 0.3) is 0 Å². The lowest BCUT2D eigenvalue weighted by atomic mass is 9.82. The summed E-state index contributed by atoms with van der Waals surface area (Å²) in [5, 5.41) is 5.34. The molecule has 52 heavy (non-hydrogen) atoms. The van der Waals surface area contributed by atoms with Crippen molar-refractivity contribution in [1.29, 1.82) is 0 Å². The highest BCUT2D eigenvalue weighted by Crippen LogP contribution is 2.50. The Kier molecular flexibility index (Phi) is 7.06. The van der Waals surface area contributed by atoms with Crippen molar-refractivity contribution in [1.82, 2.24) is 9.13 Å². The topological polar surface area (TPSA) is 9.86 Å². The van der Waals surface area contributed by atoms with Crippen LogP contribution in [0.15, 0.2) is 69.6 Å². The van der Waals surface area contributed by atoms with Gasteiger partial charge >= 0.3 is 0 Å². The van der Waals surface area contributed by atoms with E-state index < -0.39 is 0 Å². The van der Waals surface area contributed by atoms with Crippen LogP contribution in [0.2, 0.25) is 0 Å². The summed E-state index contributed by atoms with van der Waals surface area (Å²) in [6.07, 6.45) is 1.86. The molecular weight excluding hydrogens is 764 g/mol. The number of rotatable bonds is 0. The number of hydrogen-bond acceptors (Lipinski definition) is 0. The van der Waals surface area contributed by atoms with Gasteiger partial charge in [0.1, 0.15) is 0 Å². The Labute approximate surface area is 325 Å². The number of hydrogen-bond donors (Lipinski definition) is 0. The average Bonchev–Trinajstić information content (AvgIpc) is 3.51. The molecule has 9 rings (SSSR count). The first-order valence-corrected chi connectivity index (χ1v) is 20.5. The highest BCUT2D eigenvalue weighted by molar-refractivity contribution is 9.11. The Balaban J connectivity index is 1.47. The molecule has 0 N–H and O–H groups in total. The molecule has 0 bridgehead atoms. The molecule has 0 aliphatic carbocycles. The lowest BCUT2D eigenvalue weighted by molar-refractivity contribution is 0.588. The summed E-state index contributed by atoms with van der Waals surface area (Å²) < 4.78 is 7.53. The highest BCUT2D eigenvalue weighted by Gasteiger charge is 2.32. The normalized spacial score (nSPS) is 14.6. The lowest BCUT2D eigenvalue weighted by Crippen LogP contribution is -2.16. The second-order valence-corrected chi connectivity index (χ2v) is 21.6. The number of fused-ring (bicyclic) bond motifs is 10. The Morgan fingerprint density at radius 3 is 1.02 bits per heavy atom. The van der Waals surface area contributed by atoms with Gasteiger partial charge in [-0.05, 0) is 134 Å². The summed E-state index contributed by atoms with van der Waals surface area (Å²) in [6, 6.07) is 24.7. The van der Waals surface area contributed by atoms with Crippen LogP contribution in [0.5, 0.6) is 0 Å². The third-order valence-electron chi connectivity index (χ3n) is 12.0. The molecule has 4 heterocycles. The molecule has 5 aromatic carbocycles. The van der Waals surface area contributed by atoms with Gasteiger partial charge in [-0.1, -0.05) is 107 Å². The van der Waals surface area contributed by atoms with Crippen molar-refractivity contribution in [2.45, 2.75) is 118 Å². The maximum absolute atomic E-state index is 4.13. The fraction of sp³-hybridized carbons (Fsp3) is 0.375. The van der Waals surface area contributed by atoms with Crippen molar-refractivity contribution < 1.29 is 0 Å². The van der Waals surface area contributed by atoms with Crippen molar-refractivity contribution in [3.05, 3.63) is 114 Å². The van der Waals surface area contributed by atoms with Gasteiger partial charge in [0.05, 0.1) is 33.4 Å². The number of aromatic nitrogens is 2. The number of nitrogens with zero attached hydrogens (tertiary/aromatic N) is 2. The Morgan fingerprint density at radius 2 is 0.692 bits per heavy atom. The van der Waals surface area contributed by atoms with Crippen LogP contribution in [0.3, 0.4) is 0 Å². The Hall–Kier alpha value is -3.34. The van der Waals surface area contributed by atoms with Gasteiger partial charge in [-0.2, -0.15) is 0 Å². The molecule has 2 aliphatic rings. The number of halogens is 2. The molecule has 0 spiro atoms. The van der Waals surface area contributed by atoms with E-state index >= 15 is 0 Å². The molecule has 0 radical (unpaired) electrons. The summed E-state index contributed by atoms with van der Waals surface area (Å²) >= 11 is 8.26. The predicted molar refractivity (Wildman–Crippen MR) is 231 cm³/mol. The summed E-state index contributed by atoms with van der Waals surface area (Å²) in [6.45, 7) is 28.0. The molecule has 266 valence electrons. The third-order valence-corrected chi connectivity index (χ3v) is 13.2. The SMILES string of the molecule is CC(C)(C)c1cc(Br)c2c(c1)Cc1cc(C(C)(C)C)cc3c4cc5c(cc4n-2c13)c1cc(C(C)(C)C)cc2c1n5-c1c(Br)cc(C(C)(C)C)cc1C2. The van der Waals surface area contributed by atoms with Crippen LogP contribution in [0.1, 0.15) is 128 Å². The minimum Gasteiger partial charge on any atom is -0.307 e. The maximum atomic E-state index is 4.13. The summed E-state index contributed by atoms with van der Waals surface area (Å²) in [4.78, 5) is 0. The van der Waals surface area contributed by atoms with E-state index in [-0.39, 0.29) is 21.7 Å². The van der Waals surface area contributed by atoms with E-state index in [0.717, 1.165) is 12.8 Å². The van der Waals surface area contributed by atoms with Crippen LogP contribution in [0.4, 0.5) is 0 Å². The van der Waals surface area contributed by atoms with E-state index in [2.05, 4.69) is 185 Å². The molecule has 2 aliphatic heterocycles. The van der Waals surface area contributed by atoms with Crippen molar-refractivity contribution in [2.24, 2.45) is 0 Å². The fourth-order valence-electron chi connectivity index (χ4n) is 8.91. The lowest BCUT2D eigenvalue weighted by Gasteiger charge is -2.28. The van der Waals surface area contributed by atoms with E-state index in [0.29, 0.717) is 0 Å². The third kappa shape index (κ3) is 4.92. The second kappa shape index (κ2) is 10.7. The molecule has 0 unspecified atom stereocenters. The van der Waals surface area contributed by atoms with Crippen molar-refractivity contribution in [3.63, 3.8) is 0 Å². The van der Waals surface area contributed by atoms with Gasteiger partial charge in [-0.15, -0.1) is 0 Å². The maximum Gasteiger partial charge on any atom is 0.0639 e. The first-order valence-electron chi connectivity index (χ1n) is 18.9. The zero-order valence-corrected chi connectivity index (χ0v) is 36.0. The minimum absolute atomic E-state index is 0.0277. The van der Waals surface area contributed by atoms with Crippen LogP contribution in [-0.4, -0.2) is 9.13 Å². The molecule has 0 amide bonds. The molecule has 7 aromatic rings. The van der Waals surface area contributed by atoms with Gasteiger partial charge in [0.15, 0.2) is 0 Å². The minimum atomic E-state index is 0.0277. The van der Waals surface area contributed by atoms with E-state index in [1.165, 1.54) is 108 Å². The largest absolute Gasteiger partial charge is 0.307 e. The zero-order chi connectivity index (χ0) is 37.2. The van der Waals surface area contributed by atoms with E-state index in [4.69, 9.17) is 0 Å². The fourth-order valence-corrected chi connectivity index (χ4v) is 10.3. The number of benzene rings is 5. The summed E-state index contributed by atoms with van der Waals surface area (Å²) in [7, 11) is 0. The van der Waals surface area contributed by atoms with Crippen LogP contribution in [0, 0.1) is 0 Å². The second-order valence-electron chi connectivity index (χ2n) is 19.9. The first kappa shape index (κ1) is 34.4. The van der Waals surface area contributed by atoms with Gasteiger partial charge in [-0.3, -0.25) is 0 Å². The zero-order valence-electron chi connectivity index (χ0n) is 32.8. The van der Waals surface area contributed by atoms with Crippen LogP contribution < -0.4 is 0 Å². The van der Waals surface area contributed by atoms with Gasteiger partial charge < -0.3 is 9.13 Å². The first-order chi connectivity index (χ1) is 24.1. The monoisotopic (exact) mass is 812 g/mol. The Bertz CT molecular complexity index is 2530. The molecule has 2 nitrogen and oxygen atoms in total. The summed E-state index contributed by atoms with van der Waals surface area (Å²) in [5.41, 5.74) is 19.1. The van der Waals surface area contributed by atoms with Crippen LogP contribution in [0.25, 0.3) is 55.0 Å². The van der Waals surface area contributed by atoms with E-state index in [1.54, 1.807) is 0 Å². The van der Waals surface area contributed by atoms with Crippen LogP contribution in [-0.2, 0) is 34.5 Å². The molecule has 4 heteroatoms. The van der Waals surface area contributed by atoms with Gasteiger partial charge in [-0.25, -0.2) is 0 Å². The van der Waals surface area contributed by atoms with Crippen molar-refractivity contribution in [3.8, 4) is 11.4 Å². The standard InChI is InChI=1S/C48H50Br2N2/c1-45(2,3)29-15-25-13-27-17-31(47(7,8)9)21-37(49)43(27)51-39-24-34-36-20-30(46(4,5)6)16-26-14-28-18-32(48(10,11)12)22-38(50)44(28)52(42(26)36)40(34)23-33(39)35(19-29)41(25)51/h15-24H,13-14H2,1-12H3. The quantitative estimate of drug-likeness (QED) is 0.144. The predicted octanol–water partition coefficient (Wildman–Crippen LogP) is 14.4. The molecule has 0 fully saturated rings. The smallest absolute Gasteiger partial charge is 0.0639 e. The van der Waals surface area contributed by atoms with Crippen molar-refractivity contribution >= 4 is 75.5 Å². The Morgan fingerprint density at radius 1 is 0.385 bits per heavy atom. The molecular formula is C48H50Br2N2. The van der Waals surface area contributed by atoms with Gasteiger partial charge in [0, 0.05) is 43.3 Å². The van der Waals surface area contributed by atoms with Gasteiger partial charge in [0.2, 0.25) is 0 Å². The molecule has 0 atom stereocenters.